The van der Waals surface area contributed by atoms with Gasteiger partial charge in [0.15, 0.2) is 5.17 Å². The lowest BCUT2D eigenvalue weighted by Gasteiger charge is -2.29. The van der Waals surface area contributed by atoms with Crippen LogP contribution in [0.2, 0.25) is 0 Å². The molecule has 1 aliphatic heterocycles. The lowest BCUT2D eigenvalue weighted by molar-refractivity contribution is -0.113. The van der Waals surface area contributed by atoms with Crippen molar-refractivity contribution in [3.63, 3.8) is 0 Å². The summed E-state index contributed by atoms with van der Waals surface area (Å²) in [5.74, 6) is -0.182. The van der Waals surface area contributed by atoms with E-state index in [1.54, 1.807) is 12.1 Å². The topological polar surface area (TPSA) is 44.7 Å². The van der Waals surface area contributed by atoms with Crippen molar-refractivity contribution in [2.75, 3.05) is 24.2 Å². The van der Waals surface area contributed by atoms with Gasteiger partial charge in [0.1, 0.15) is 5.82 Å². The Morgan fingerprint density at radius 2 is 1.73 bits per heavy atom. The Bertz CT molecular complexity index is 743. The fourth-order valence-corrected chi connectivity index (χ4v) is 3.62. The van der Waals surface area contributed by atoms with E-state index in [1.165, 1.54) is 30.3 Å². The van der Waals surface area contributed by atoms with Crippen LogP contribution in [-0.4, -0.2) is 34.8 Å². The zero-order valence-electron chi connectivity index (χ0n) is 14.5. The van der Waals surface area contributed by atoms with E-state index in [-0.39, 0.29) is 17.5 Å². The summed E-state index contributed by atoms with van der Waals surface area (Å²) >= 11 is 1.44. The number of nitrogens with zero attached hydrogens (tertiary/aromatic N) is 2. The molecule has 0 unspecified atom stereocenters. The molecule has 2 aromatic carbocycles. The van der Waals surface area contributed by atoms with Crippen LogP contribution in [0.4, 0.5) is 15.8 Å². The van der Waals surface area contributed by atoms with E-state index in [0.717, 1.165) is 36.8 Å². The number of nitrogens with one attached hydrogen (secondary N) is 1. The van der Waals surface area contributed by atoms with Gasteiger partial charge in [-0.3, -0.25) is 4.79 Å². The van der Waals surface area contributed by atoms with Crippen molar-refractivity contribution in [2.24, 2.45) is 4.99 Å². The first-order chi connectivity index (χ1) is 12.7. The summed E-state index contributed by atoms with van der Waals surface area (Å²) in [5.41, 5.74) is 1.48. The van der Waals surface area contributed by atoms with Gasteiger partial charge in [-0.25, -0.2) is 9.38 Å². The number of thioether (sulfide) groups is 1. The Balaban J connectivity index is 1.64. The maximum absolute atomic E-state index is 13.0. The van der Waals surface area contributed by atoms with Crippen LogP contribution in [0.5, 0.6) is 0 Å². The maximum Gasteiger partial charge on any atom is 0.234 e. The smallest absolute Gasteiger partial charge is 0.234 e. The minimum atomic E-state index is -0.320. The third kappa shape index (κ3) is 5.59. The number of rotatable bonds is 4. The molecule has 1 fully saturated rings. The number of amides is 1. The molecule has 1 saturated heterocycles. The second-order valence-corrected chi connectivity index (χ2v) is 7.06. The van der Waals surface area contributed by atoms with Gasteiger partial charge in [-0.05, 0) is 55.7 Å². The van der Waals surface area contributed by atoms with Crippen LogP contribution in [0.3, 0.4) is 0 Å². The third-order valence-electron chi connectivity index (χ3n) is 4.07. The number of hydrogen-bond donors (Lipinski definition) is 1. The standard InChI is InChI=1S/C20H22FN3OS/c21-16-9-11-18(12-10-16)22-19(25)15-26-20(24-13-5-2-6-14-24)23-17-7-3-1-4-8-17/h1,3-4,7-12H,2,5-6,13-15H2,(H,22,25). The minimum Gasteiger partial charge on any atom is -0.351 e. The summed E-state index contributed by atoms with van der Waals surface area (Å²) in [6.07, 6.45) is 3.54. The zero-order valence-corrected chi connectivity index (χ0v) is 15.3. The number of halogens is 1. The van der Waals surface area contributed by atoms with Gasteiger partial charge in [0, 0.05) is 18.8 Å². The Kier molecular flexibility index (Phi) is 6.66. The quantitative estimate of drug-likeness (QED) is 0.627. The maximum atomic E-state index is 13.0. The molecule has 0 saturated carbocycles. The number of hydrogen-bond acceptors (Lipinski definition) is 3. The van der Waals surface area contributed by atoms with Crippen molar-refractivity contribution < 1.29 is 9.18 Å². The van der Waals surface area contributed by atoms with Gasteiger partial charge < -0.3 is 10.2 Å². The van der Waals surface area contributed by atoms with Gasteiger partial charge in [0.05, 0.1) is 11.4 Å². The van der Waals surface area contributed by atoms with Crippen molar-refractivity contribution >= 4 is 34.2 Å². The van der Waals surface area contributed by atoms with Crippen LogP contribution < -0.4 is 5.32 Å². The van der Waals surface area contributed by atoms with Crippen LogP contribution in [0.1, 0.15) is 19.3 Å². The monoisotopic (exact) mass is 371 g/mol. The SMILES string of the molecule is O=C(CSC(=Nc1ccccc1)N1CCCCC1)Nc1ccc(F)cc1. The average Bonchev–Trinajstić information content (AvgIpc) is 2.68. The molecular weight excluding hydrogens is 349 g/mol. The molecule has 1 heterocycles. The predicted molar refractivity (Wildman–Crippen MR) is 106 cm³/mol. The molecule has 6 heteroatoms. The number of para-hydroxylation sites is 1. The van der Waals surface area contributed by atoms with Gasteiger partial charge in [-0.15, -0.1) is 0 Å². The summed E-state index contributed by atoms with van der Waals surface area (Å²) in [7, 11) is 0. The van der Waals surface area contributed by atoms with Gasteiger partial charge in [0.2, 0.25) is 5.91 Å². The van der Waals surface area contributed by atoms with E-state index >= 15 is 0 Å². The first kappa shape index (κ1) is 18.5. The number of likely N-dealkylation sites (tertiary alicyclic amines) is 1. The Morgan fingerprint density at radius 3 is 2.42 bits per heavy atom. The molecular formula is C20H22FN3OS. The number of carbonyl (C=O) groups excluding carboxylic acids is 1. The molecule has 0 aliphatic carbocycles. The molecule has 0 radical (unpaired) electrons. The Hall–Kier alpha value is -2.34. The highest BCUT2D eigenvalue weighted by Gasteiger charge is 2.17. The molecule has 4 nitrogen and oxygen atoms in total. The highest BCUT2D eigenvalue weighted by atomic mass is 32.2. The molecule has 26 heavy (non-hydrogen) atoms. The Morgan fingerprint density at radius 1 is 1.04 bits per heavy atom. The van der Waals surface area contributed by atoms with Gasteiger partial charge >= 0.3 is 0 Å². The molecule has 1 amide bonds. The number of amidine groups is 1. The molecule has 0 bridgehead atoms. The molecule has 0 spiro atoms. The molecule has 0 atom stereocenters. The highest BCUT2D eigenvalue weighted by Crippen LogP contribution is 2.21. The summed E-state index contributed by atoms with van der Waals surface area (Å²) in [6.45, 7) is 1.94. The van der Waals surface area contributed by atoms with Crippen molar-refractivity contribution in [3.05, 3.63) is 60.4 Å². The van der Waals surface area contributed by atoms with Crippen LogP contribution in [0.15, 0.2) is 59.6 Å². The molecule has 2 aromatic rings. The summed E-state index contributed by atoms with van der Waals surface area (Å²) in [5, 5.41) is 3.67. The minimum absolute atomic E-state index is 0.126. The lowest BCUT2D eigenvalue weighted by Crippen LogP contribution is -2.34. The first-order valence-electron chi connectivity index (χ1n) is 8.77. The molecule has 0 aromatic heterocycles. The summed E-state index contributed by atoms with van der Waals surface area (Å²) in [6, 6.07) is 15.6. The van der Waals surface area contributed by atoms with Gasteiger partial charge in [0.25, 0.3) is 0 Å². The van der Waals surface area contributed by atoms with E-state index in [4.69, 9.17) is 4.99 Å². The molecule has 1 N–H and O–H groups in total. The first-order valence-corrected chi connectivity index (χ1v) is 9.76. The van der Waals surface area contributed by atoms with Crippen molar-refractivity contribution in [2.45, 2.75) is 19.3 Å². The normalized spacial score (nSPS) is 15.0. The fraction of sp³-hybridized carbons (Fsp3) is 0.300. The van der Waals surface area contributed by atoms with Crippen LogP contribution >= 0.6 is 11.8 Å². The molecule has 1 aliphatic rings. The summed E-state index contributed by atoms with van der Waals surface area (Å²) in [4.78, 5) is 19.2. The van der Waals surface area contributed by atoms with Crippen molar-refractivity contribution in [1.82, 2.24) is 4.90 Å². The predicted octanol–water partition coefficient (Wildman–Crippen LogP) is 4.67. The average molecular weight is 371 g/mol. The van der Waals surface area contributed by atoms with Crippen LogP contribution in [0, 0.1) is 5.82 Å². The van der Waals surface area contributed by atoms with Crippen molar-refractivity contribution in [3.8, 4) is 0 Å². The fourth-order valence-electron chi connectivity index (χ4n) is 2.75. The van der Waals surface area contributed by atoms with E-state index in [1.807, 2.05) is 30.3 Å². The second kappa shape index (κ2) is 9.38. The van der Waals surface area contributed by atoms with E-state index in [0.29, 0.717) is 5.69 Å². The number of aliphatic imine (C=N–C) groups is 1. The molecule has 3 rings (SSSR count). The van der Waals surface area contributed by atoms with Crippen LogP contribution in [0.25, 0.3) is 0 Å². The number of piperidine rings is 1. The zero-order chi connectivity index (χ0) is 18.2. The second-order valence-electron chi connectivity index (χ2n) is 6.12. The van der Waals surface area contributed by atoms with Gasteiger partial charge in [-0.1, -0.05) is 30.0 Å². The largest absolute Gasteiger partial charge is 0.351 e. The van der Waals surface area contributed by atoms with Crippen LogP contribution in [-0.2, 0) is 4.79 Å². The van der Waals surface area contributed by atoms with E-state index in [2.05, 4.69) is 10.2 Å². The van der Waals surface area contributed by atoms with E-state index in [9.17, 15) is 9.18 Å². The lowest BCUT2D eigenvalue weighted by atomic mass is 10.1. The number of benzene rings is 2. The highest BCUT2D eigenvalue weighted by molar-refractivity contribution is 8.14. The summed E-state index contributed by atoms with van der Waals surface area (Å²) < 4.78 is 13.0. The van der Waals surface area contributed by atoms with Gasteiger partial charge in [-0.2, -0.15) is 0 Å². The van der Waals surface area contributed by atoms with Crippen molar-refractivity contribution in [1.29, 1.82) is 0 Å². The number of carbonyl (C=O) groups is 1. The van der Waals surface area contributed by atoms with E-state index < -0.39 is 0 Å². The Labute approximate surface area is 157 Å². The number of anilines is 1. The molecule has 136 valence electrons. The third-order valence-corrected chi connectivity index (χ3v) is 5.08.